The van der Waals surface area contributed by atoms with Gasteiger partial charge in [-0.3, -0.25) is 0 Å². The summed E-state index contributed by atoms with van der Waals surface area (Å²) >= 11 is 0. The van der Waals surface area contributed by atoms with Crippen molar-refractivity contribution in [3.05, 3.63) is 42.6 Å². The van der Waals surface area contributed by atoms with E-state index >= 15 is 0 Å². The minimum Gasteiger partial charge on any atom is -0.497 e. The van der Waals surface area contributed by atoms with E-state index in [1.807, 2.05) is 34.9 Å². The summed E-state index contributed by atoms with van der Waals surface area (Å²) in [6.07, 6.45) is 1.66. The molecule has 0 aliphatic rings. The van der Waals surface area contributed by atoms with Crippen molar-refractivity contribution in [2.24, 2.45) is 0 Å². The number of aromatic nitrogens is 5. The summed E-state index contributed by atoms with van der Waals surface area (Å²) in [5, 5.41) is 0. The number of anilines is 2. The van der Waals surface area contributed by atoms with Gasteiger partial charge in [-0.05, 0) is 38.1 Å². The van der Waals surface area contributed by atoms with Gasteiger partial charge in [-0.2, -0.15) is 4.98 Å². The maximum atomic E-state index is 6.05. The van der Waals surface area contributed by atoms with Gasteiger partial charge in [-0.15, -0.1) is 0 Å². The van der Waals surface area contributed by atoms with Crippen molar-refractivity contribution < 1.29 is 4.74 Å². The van der Waals surface area contributed by atoms with E-state index < -0.39 is 0 Å². The molecule has 0 bridgehead atoms. The van der Waals surface area contributed by atoms with E-state index in [0.717, 1.165) is 22.7 Å². The molecule has 0 amide bonds. The van der Waals surface area contributed by atoms with Gasteiger partial charge in [-0.1, -0.05) is 12.1 Å². The first kappa shape index (κ1) is 17.7. The topological polar surface area (TPSA) is 118 Å². The molecule has 142 valence electrons. The van der Waals surface area contributed by atoms with Gasteiger partial charge in [-0.25, -0.2) is 15.0 Å². The SMILES string of the molecule is COc1cccc(-c2nc(N)nc3c2nc(-c2ccnc(N)c2)n3C(C)C)c1. The smallest absolute Gasteiger partial charge is 0.222 e. The molecule has 1 aromatic carbocycles. The average Bonchev–Trinajstić information content (AvgIpc) is 3.07. The third-order valence-corrected chi connectivity index (χ3v) is 4.46. The molecule has 3 heterocycles. The summed E-state index contributed by atoms with van der Waals surface area (Å²) in [7, 11) is 1.63. The zero-order valence-corrected chi connectivity index (χ0v) is 15.9. The van der Waals surface area contributed by atoms with E-state index in [1.54, 1.807) is 19.4 Å². The number of nitrogens with zero attached hydrogens (tertiary/aromatic N) is 5. The molecule has 0 aliphatic carbocycles. The lowest BCUT2D eigenvalue weighted by atomic mass is 10.1. The Morgan fingerprint density at radius 3 is 2.54 bits per heavy atom. The molecule has 3 aromatic heterocycles. The number of hydrogen-bond acceptors (Lipinski definition) is 7. The Bertz CT molecular complexity index is 1170. The number of methoxy groups -OCH3 is 1. The molecule has 0 atom stereocenters. The van der Waals surface area contributed by atoms with E-state index in [2.05, 4.69) is 28.8 Å². The Morgan fingerprint density at radius 1 is 1.00 bits per heavy atom. The van der Waals surface area contributed by atoms with Gasteiger partial charge < -0.3 is 20.8 Å². The summed E-state index contributed by atoms with van der Waals surface area (Å²) in [5.41, 5.74) is 15.6. The van der Waals surface area contributed by atoms with Gasteiger partial charge in [0, 0.05) is 23.4 Å². The molecule has 4 aromatic rings. The van der Waals surface area contributed by atoms with Crippen LogP contribution in [0.2, 0.25) is 0 Å². The van der Waals surface area contributed by atoms with Crippen LogP contribution in [0.3, 0.4) is 0 Å². The van der Waals surface area contributed by atoms with Gasteiger partial charge in [0.15, 0.2) is 5.65 Å². The number of rotatable bonds is 4. The molecule has 8 heteroatoms. The first-order chi connectivity index (χ1) is 13.5. The van der Waals surface area contributed by atoms with Crippen molar-refractivity contribution in [3.63, 3.8) is 0 Å². The first-order valence-corrected chi connectivity index (χ1v) is 8.89. The molecule has 0 saturated carbocycles. The maximum Gasteiger partial charge on any atom is 0.222 e. The Morgan fingerprint density at radius 2 is 1.82 bits per heavy atom. The number of hydrogen-bond donors (Lipinski definition) is 2. The van der Waals surface area contributed by atoms with E-state index in [4.69, 9.17) is 21.2 Å². The van der Waals surface area contributed by atoms with Crippen molar-refractivity contribution in [1.29, 1.82) is 0 Å². The second-order valence-corrected chi connectivity index (χ2v) is 6.70. The molecule has 4 rings (SSSR count). The van der Waals surface area contributed by atoms with Crippen LogP contribution in [0.25, 0.3) is 33.8 Å². The van der Waals surface area contributed by atoms with Crippen LogP contribution < -0.4 is 16.2 Å². The third-order valence-electron chi connectivity index (χ3n) is 4.46. The van der Waals surface area contributed by atoms with Gasteiger partial charge in [0.1, 0.15) is 28.6 Å². The van der Waals surface area contributed by atoms with Crippen molar-refractivity contribution in [3.8, 4) is 28.4 Å². The highest BCUT2D eigenvalue weighted by atomic mass is 16.5. The molecule has 8 nitrogen and oxygen atoms in total. The van der Waals surface area contributed by atoms with E-state index in [0.29, 0.717) is 22.7 Å². The lowest BCUT2D eigenvalue weighted by Gasteiger charge is -2.13. The minimum atomic E-state index is 0.0989. The van der Waals surface area contributed by atoms with Crippen molar-refractivity contribution in [2.75, 3.05) is 18.6 Å². The van der Waals surface area contributed by atoms with Crippen molar-refractivity contribution in [2.45, 2.75) is 19.9 Å². The summed E-state index contributed by atoms with van der Waals surface area (Å²) in [5.74, 6) is 2.09. The maximum absolute atomic E-state index is 6.05. The number of imidazole rings is 1. The number of pyridine rings is 1. The van der Waals surface area contributed by atoms with Crippen LogP contribution >= 0.6 is 0 Å². The molecular weight excluding hydrogens is 354 g/mol. The first-order valence-electron chi connectivity index (χ1n) is 8.89. The normalized spacial score (nSPS) is 11.3. The monoisotopic (exact) mass is 375 g/mol. The summed E-state index contributed by atoms with van der Waals surface area (Å²) in [4.78, 5) is 17.9. The quantitative estimate of drug-likeness (QED) is 0.562. The van der Waals surface area contributed by atoms with Crippen molar-refractivity contribution >= 4 is 22.9 Å². The Kier molecular flexibility index (Phi) is 4.31. The summed E-state index contributed by atoms with van der Waals surface area (Å²) < 4.78 is 7.38. The number of nitrogens with two attached hydrogens (primary N) is 2. The number of ether oxygens (including phenoxy) is 1. The summed E-state index contributed by atoms with van der Waals surface area (Å²) in [6.45, 7) is 4.14. The lowest BCUT2D eigenvalue weighted by Crippen LogP contribution is -2.06. The standard InChI is InChI=1S/C20H21N7O/c1-11(2)27-18(13-7-8-23-15(21)10-13)24-17-16(25-20(22)26-19(17)27)12-5-4-6-14(9-12)28-3/h4-11H,1-3H3,(H2,21,23)(H2,22,25,26). The van der Waals surface area contributed by atoms with E-state index in [-0.39, 0.29) is 12.0 Å². The van der Waals surface area contributed by atoms with Gasteiger partial charge in [0.05, 0.1) is 7.11 Å². The van der Waals surface area contributed by atoms with Crippen LogP contribution in [0.5, 0.6) is 5.75 Å². The molecule has 4 N–H and O–H groups in total. The molecule has 0 fully saturated rings. The summed E-state index contributed by atoms with van der Waals surface area (Å²) in [6, 6.07) is 11.4. The van der Waals surface area contributed by atoms with Gasteiger partial charge in [0.25, 0.3) is 0 Å². The number of nitrogen functional groups attached to an aromatic ring is 2. The van der Waals surface area contributed by atoms with Crippen LogP contribution in [0.15, 0.2) is 42.6 Å². The number of benzene rings is 1. The second kappa shape index (κ2) is 6.80. The highest BCUT2D eigenvalue weighted by molar-refractivity contribution is 5.91. The molecule has 28 heavy (non-hydrogen) atoms. The molecule has 0 unspecified atom stereocenters. The second-order valence-electron chi connectivity index (χ2n) is 6.70. The Balaban J connectivity index is 2.04. The predicted molar refractivity (Wildman–Crippen MR) is 110 cm³/mol. The van der Waals surface area contributed by atoms with Gasteiger partial charge in [0.2, 0.25) is 5.95 Å². The highest BCUT2D eigenvalue weighted by Gasteiger charge is 2.21. The van der Waals surface area contributed by atoms with Crippen LogP contribution in [0.4, 0.5) is 11.8 Å². The molecule has 0 spiro atoms. The van der Waals surface area contributed by atoms with E-state index in [9.17, 15) is 0 Å². The van der Waals surface area contributed by atoms with Gasteiger partial charge >= 0.3 is 0 Å². The molecular formula is C20H21N7O. The third kappa shape index (κ3) is 2.98. The van der Waals surface area contributed by atoms with E-state index in [1.165, 1.54) is 0 Å². The largest absolute Gasteiger partial charge is 0.497 e. The Labute approximate surface area is 162 Å². The zero-order valence-electron chi connectivity index (χ0n) is 15.9. The lowest BCUT2D eigenvalue weighted by molar-refractivity contribution is 0.415. The minimum absolute atomic E-state index is 0.0989. The fourth-order valence-electron chi connectivity index (χ4n) is 3.24. The molecule has 0 saturated heterocycles. The fraction of sp³-hybridized carbons (Fsp3) is 0.200. The van der Waals surface area contributed by atoms with Crippen LogP contribution in [0, 0.1) is 0 Å². The number of fused-ring (bicyclic) bond motifs is 1. The zero-order chi connectivity index (χ0) is 19.8. The van der Waals surface area contributed by atoms with Crippen molar-refractivity contribution in [1.82, 2.24) is 24.5 Å². The molecule has 0 radical (unpaired) electrons. The Hall–Kier alpha value is -3.68. The highest BCUT2D eigenvalue weighted by Crippen LogP contribution is 2.34. The van der Waals surface area contributed by atoms with Crippen LogP contribution in [-0.2, 0) is 0 Å². The predicted octanol–water partition coefficient (Wildman–Crippen LogP) is 3.31. The fourth-order valence-corrected chi connectivity index (χ4v) is 3.24. The van der Waals surface area contributed by atoms with Crippen LogP contribution in [-0.4, -0.2) is 31.6 Å². The average molecular weight is 375 g/mol. The van der Waals surface area contributed by atoms with Crippen LogP contribution in [0.1, 0.15) is 19.9 Å². The molecule has 0 aliphatic heterocycles.